The van der Waals surface area contributed by atoms with Crippen molar-refractivity contribution < 1.29 is 27.8 Å². The van der Waals surface area contributed by atoms with E-state index in [-0.39, 0.29) is 29.4 Å². The third kappa shape index (κ3) is 4.24. The van der Waals surface area contributed by atoms with Crippen LogP contribution in [-0.2, 0) is 9.53 Å². The Hall–Kier alpha value is -1.89. The fraction of sp³-hybridized carbons (Fsp3) is 0.667. The fourth-order valence-electron chi connectivity index (χ4n) is 4.89. The van der Waals surface area contributed by atoms with Crippen molar-refractivity contribution in [1.82, 2.24) is 5.32 Å². The third-order valence-electron chi connectivity index (χ3n) is 6.07. The monoisotopic (exact) mass is 397 g/mol. The van der Waals surface area contributed by atoms with Crippen LogP contribution in [-0.4, -0.2) is 31.3 Å². The smallest absolute Gasteiger partial charge is 0.387 e. The van der Waals surface area contributed by atoms with E-state index in [0.717, 1.165) is 19.3 Å². The van der Waals surface area contributed by atoms with Crippen LogP contribution in [0.1, 0.15) is 58.1 Å². The largest absolute Gasteiger partial charge is 0.493 e. The van der Waals surface area contributed by atoms with Crippen molar-refractivity contribution in [3.63, 3.8) is 0 Å². The Morgan fingerprint density at radius 2 is 2.11 bits per heavy atom. The first-order valence-electron chi connectivity index (χ1n) is 9.79. The van der Waals surface area contributed by atoms with Crippen LogP contribution >= 0.6 is 0 Å². The summed E-state index contributed by atoms with van der Waals surface area (Å²) in [6.07, 6.45) is 2.88. The number of hydrogen-bond donors (Lipinski definition) is 1. The molecule has 1 amide bonds. The van der Waals surface area contributed by atoms with Crippen LogP contribution in [0.25, 0.3) is 0 Å². The van der Waals surface area contributed by atoms with Gasteiger partial charge in [0, 0.05) is 30.4 Å². The van der Waals surface area contributed by atoms with Gasteiger partial charge in [0.2, 0.25) is 5.91 Å². The standard InChI is InChI=1S/C21H29F2NO4/c1-12-8-9-15-17(10-12)27-18(11-21(15,3)24-13(2)25)14-6-5-7-16(26-4)19(14)28-20(22)23/h5-7,12,15,17-18,20H,8-11H2,1-4H3,(H,24,25)/t12-,15-,17-,18-,21-/m1/s1. The van der Waals surface area contributed by atoms with Gasteiger partial charge in [0.25, 0.3) is 0 Å². The minimum absolute atomic E-state index is 0.00233. The molecular formula is C21H29F2NO4. The van der Waals surface area contributed by atoms with Crippen LogP contribution in [0.2, 0.25) is 0 Å². The summed E-state index contributed by atoms with van der Waals surface area (Å²) in [5.41, 5.74) is 0.0398. The van der Waals surface area contributed by atoms with Crippen LogP contribution in [0.15, 0.2) is 18.2 Å². The van der Waals surface area contributed by atoms with E-state index >= 15 is 0 Å². The van der Waals surface area contributed by atoms with E-state index in [1.54, 1.807) is 18.2 Å². The zero-order valence-corrected chi connectivity index (χ0v) is 16.8. The highest BCUT2D eigenvalue weighted by Gasteiger charge is 2.49. The van der Waals surface area contributed by atoms with Gasteiger partial charge in [0.15, 0.2) is 11.5 Å². The molecule has 1 aromatic rings. The maximum atomic E-state index is 13.1. The summed E-state index contributed by atoms with van der Waals surface area (Å²) in [6.45, 7) is 2.76. The molecule has 2 aliphatic rings. The third-order valence-corrected chi connectivity index (χ3v) is 6.07. The van der Waals surface area contributed by atoms with Gasteiger partial charge in [-0.3, -0.25) is 4.79 Å². The molecule has 1 saturated carbocycles. The topological polar surface area (TPSA) is 56.8 Å². The second-order valence-electron chi connectivity index (χ2n) is 8.25. The molecule has 5 atom stereocenters. The zero-order valence-electron chi connectivity index (χ0n) is 16.8. The molecule has 3 rings (SSSR count). The maximum absolute atomic E-state index is 13.1. The summed E-state index contributed by atoms with van der Waals surface area (Å²) in [5.74, 6) is 0.840. The Kier molecular flexibility index (Phi) is 6.12. The van der Waals surface area contributed by atoms with Crippen molar-refractivity contribution in [3.8, 4) is 11.5 Å². The quantitative estimate of drug-likeness (QED) is 0.797. The Morgan fingerprint density at radius 1 is 1.36 bits per heavy atom. The van der Waals surface area contributed by atoms with Crippen molar-refractivity contribution in [2.24, 2.45) is 11.8 Å². The minimum Gasteiger partial charge on any atom is -0.493 e. The molecule has 0 aromatic heterocycles. The first kappa shape index (κ1) is 20.8. The summed E-state index contributed by atoms with van der Waals surface area (Å²) < 4.78 is 42.6. The normalized spacial score (nSPS) is 32.5. The van der Waals surface area contributed by atoms with Crippen molar-refractivity contribution >= 4 is 5.91 Å². The number of benzene rings is 1. The minimum atomic E-state index is -2.97. The number of carbonyl (C=O) groups is 1. The van der Waals surface area contributed by atoms with Gasteiger partial charge in [-0.05, 0) is 31.7 Å². The van der Waals surface area contributed by atoms with Crippen molar-refractivity contribution in [3.05, 3.63) is 23.8 Å². The van der Waals surface area contributed by atoms with E-state index in [0.29, 0.717) is 17.9 Å². The lowest BCUT2D eigenvalue weighted by Crippen LogP contribution is -2.60. The predicted molar refractivity (Wildman–Crippen MR) is 101 cm³/mol. The lowest BCUT2D eigenvalue weighted by Gasteiger charge is -2.52. The van der Waals surface area contributed by atoms with Crippen LogP contribution in [0.4, 0.5) is 8.78 Å². The molecule has 0 spiro atoms. The van der Waals surface area contributed by atoms with Crippen LogP contribution in [0.5, 0.6) is 11.5 Å². The molecule has 28 heavy (non-hydrogen) atoms. The van der Waals surface area contributed by atoms with E-state index in [1.807, 2.05) is 6.92 Å². The Labute approximate surface area is 164 Å². The zero-order chi connectivity index (χ0) is 20.5. The summed E-state index contributed by atoms with van der Waals surface area (Å²) in [6, 6.07) is 5.05. The molecule has 5 nitrogen and oxygen atoms in total. The van der Waals surface area contributed by atoms with E-state index in [1.165, 1.54) is 14.0 Å². The number of halogens is 2. The van der Waals surface area contributed by atoms with Crippen molar-refractivity contribution in [1.29, 1.82) is 0 Å². The van der Waals surface area contributed by atoms with Gasteiger partial charge < -0.3 is 19.5 Å². The highest BCUT2D eigenvalue weighted by atomic mass is 19.3. The average molecular weight is 397 g/mol. The van der Waals surface area contributed by atoms with Gasteiger partial charge in [-0.25, -0.2) is 0 Å². The number of rotatable bonds is 5. The maximum Gasteiger partial charge on any atom is 0.387 e. The van der Waals surface area contributed by atoms with Gasteiger partial charge in [-0.15, -0.1) is 0 Å². The number of fused-ring (bicyclic) bond motifs is 1. The van der Waals surface area contributed by atoms with Gasteiger partial charge >= 0.3 is 6.61 Å². The van der Waals surface area contributed by atoms with E-state index < -0.39 is 18.3 Å². The van der Waals surface area contributed by atoms with Crippen molar-refractivity contribution in [2.75, 3.05) is 7.11 Å². The predicted octanol–water partition coefficient (Wildman–Crippen LogP) is 4.46. The Bertz CT molecular complexity index is 714. The van der Waals surface area contributed by atoms with Gasteiger partial charge in [0.05, 0.1) is 19.3 Å². The Balaban J connectivity index is 1.99. The number of nitrogens with one attached hydrogen (secondary N) is 1. The van der Waals surface area contributed by atoms with E-state index in [4.69, 9.17) is 14.2 Å². The molecule has 0 radical (unpaired) electrons. The van der Waals surface area contributed by atoms with Crippen LogP contribution in [0, 0.1) is 11.8 Å². The van der Waals surface area contributed by atoms with E-state index in [2.05, 4.69) is 12.2 Å². The number of amides is 1. The number of carbonyl (C=O) groups excluding carboxylic acids is 1. The molecule has 156 valence electrons. The molecule has 1 aromatic carbocycles. The number of methoxy groups -OCH3 is 1. The summed E-state index contributed by atoms with van der Waals surface area (Å²) in [5, 5.41) is 3.12. The highest BCUT2D eigenvalue weighted by Crippen LogP contribution is 2.50. The summed E-state index contributed by atoms with van der Waals surface area (Å²) in [7, 11) is 1.42. The molecule has 7 heteroatoms. The summed E-state index contributed by atoms with van der Waals surface area (Å²) >= 11 is 0. The molecule has 2 fully saturated rings. The second-order valence-corrected chi connectivity index (χ2v) is 8.25. The molecule has 1 aliphatic carbocycles. The van der Waals surface area contributed by atoms with Gasteiger partial charge in [-0.2, -0.15) is 8.78 Å². The van der Waals surface area contributed by atoms with Crippen LogP contribution in [0.3, 0.4) is 0 Å². The van der Waals surface area contributed by atoms with Crippen molar-refractivity contribution in [2.45, 2.75) is 70.8 Å². The highest BCUT2D eigenvalue weighted by molar-refractivity contribution is 5.74. The first-order valence-corrected chi connectivity index (χ1v) is 9.79. The lowest BCUT2D eigenvalue weighted by atomic mass is 9.66. The lowest BCUT2D eigenvalue weighted by molar-refractivity contribution is -0.154. The number of ether oxygens (including phenoxy) is 3. The molecule has 0 bridgehead atoms. The molecular weight excluding hydrogens is 368 g/mol. The van der Waals surface area contributed by atoms with Gasteiger partial charge in [0.1, 0.15) is 0 Å². The molecule has 0 unspecified atom stereocenters. The average Bonchev–Trinajstić information content (AvgIpc) is 2.60. The number of hydrogen-bond acceptors (Lipinski definition) is 4. The van der Waals surface area contributed by atoms with Crippen LogP contribution < -0.4 is 14.8 Å². The molecule has 1 heterocycles. The fourth-order valence-corrected chi connectivity index (χ4v) is 4.89. The molecule has 1 aliphatic heterocycles. The first-order chi connectivity index (χ1) is 13.2. The Morgan fingerprint density at radius 3 is 2.75 bits per heavy atom. The van der Waals surface area contributed by atoms with E-state index in [9.17, 15) is 13.6 Å². The van der Waals surface area contributed by atoms with Gasteiger partial charge in [-0.1, -0.05) is 25.5 Å². The number of para-hydroxylation sites is 1. The second kappa shape index (κ2) is 8.23. The number of alkyl halides is 2. The SMILES string of the molecule is COc1cccc([C@H]2C[C@@](C)(NC(C)=O)[C@@H]3CC[C@@H](C)C[C@H]3O2)c1OC(F)F. The summed E-state index contributed by atoms with van der Waals surface area (Å²) in [4.78, 5) is 11.9. The molecule has 1 saturated heterocycles. The molecule has 1 N–H and O–H groups in total.